The minimum atomic E-state index is -0.889. The average Bonchev–Trinajstić information content (AvgIpc) is 2.95. The van der Waals surface area contributed by atoms with E-state index in [-0.39, 0.29) is 0 Å². The monoisotopic (exact) mass is 366 g/mol. The van der Waals surface area contributed by atoms with E-state index in [2.05, 4.69) is 20.8 Å². The van der Waals surface area contributed by atoms with Crippen molar-refractivity contribution in [3.63, 3.8) is 0 Å². The Morgan fingerprint density at radius 1 is 1.25 bits per heavy atom. The third-order valence-corrected chi connectivity index (χ3v) is 5.56. The summed E-state index contributed by atoms with van der Waals surface area (Å²) in [5.41, 5.74) is 2.92. The molecule has 0 unspecified atom stereocenters. The zero-order valence-electron chi connectivity index (χ0n) is 13.5. The van der Waals surface area contributed by atoms with Gasteiger partial charge < -0.3 is 10.4 Å². The molecule has 0 radical (unpaired) electrons. The number of carbonyl (C=O) groups excluding carboxylic acids is 1. The number of urea groups is 1. The highest BCUT2D eigenvalue weighted by atomic mass is 32.2. The lowest BCUT2D eigenvalue weighted by Gasteiger charge is -2.07. The van der Waals surface area contributed by atoms with E-state index in [4.69, 9.17) is 5.11 Å². The highest BCUT2D eigenvalue weighted by molar-refractivity contribution is 8.02. The molecule has 3 N–H and O–H groups in total. The molecule has 0 spiro atoms. The number of aryl methyl sites for hydroxylation is 2. The summed E-state index contributed by atoms with van der Waals surface area (Å²) in [7, 11) is 0. The second kappa shape index (κ2) is 8.11. The van der Waals surface area contributed by atoms with E-state index in [0.29, 0.717) is 21.6 Å². The molecule has 128 valence electrons. The number of nitrogens with one attached hydrogen (secondary N) is 2. The van der Waals surface area contributed by atoms with Crippen LogP contribution >= 0.6 is 23.1 Å². The second-order valence-electron chi connectivity index (χ2n) is 5.10. The van der Waals surface area contributed by atoms with Crippen LogP contribution in [0.25, 0.3) is 0 Å². The van der Waals surface area contributed by atoms with E-state index in [0.717, 1.165) is 34.2 Å². The molecule has 9 heteroatoms. The largest absolute Gasteiger partial charge is 0.480 e. The minimum absolute atomic E-state index is 0.319. The van der Waals surface area contributed by atoms with Crippen LogP contribution < -0.4 is 10.6 Å². The summed E-state index contributed by atoms with van der Waals surface area (Å²) in [5, 5.41) is 21.9. The molecule has 0 saturated carbocycles. The number of rotatable bonds is 6. The highest BCUT2D eigenvalue weighted by Gasteiger charge is 2.19. The lowest BCUT2D eigenvalue weighted by Crippen LogP contribution is -2.19. The van der Waals surface area contributed by atoms with Gasteiger partial charge in [-0.3, -0.25) is 10.1 Å². The normalized spacial score (nSPS) is 11.8. The zero-order valence-corrected chi connectivity index (χ0v) is 15.1. The van der Waals surface area contributed by atoms with Gasteiger partial charge in [0.2, 0.25) is 5.13 Å². The molecule has 1 atom stereocenters. The minimum Gasteiger partial charge on any atom is -0.480 e. The Kier molecular flexibility index (Phi) is 6.16. The molecule has 1 aromatic heterocycles. The molecule has 0 aliphatic carbocycles. The maximum Gasteiger partial charge on any atom is 0.325 e. The highest BCUT2D eigenvalue weighted by Crippen LogP contribution is 2.30. The molecule has 0 bridgehead atoms. The standard InChI is InChI=1S/C15H18N4O3S2/c1-4-11(12(20)21)23-15-19-18-14(24-15)17-13(22)16-10-6-5-8(2)9(3)7-10/h5-7,11H,4H2,1-3H3,(H,20,21)(H2,16,17,18,22)/t11-/m0/s1. The Balaban J connectivity index is 1.95. The van der Waals surface area contributed by atoms with E-state index in [1.165, 1.54) is 0 Å². The molecule has 2 amide bonds. The zero-order chi connectivity index (χ0) is 17.7. The Morgan fingerprint density at radius 2 is 2.00 bits per heavy atom. The van der Waals surface area contributed by atoms with Crippen LogP contribution in [0.4, 0.5) is 15.6 Å². The van der Waals surface area contributed by atoms with Crippen LogP contribution in [0.5, 0.6) is 0 Å². The predicted molar refractivity (Wildman–Crippen MR) is 96.0 cm³/mol. The van der Waals surface area contributed by atoms with Gasteiger partial charge in [0.05, 0.1) is 0 Å². The van der Waals surface area contributed by atoms with Crippen LogP contribution in [0.15, 0.2) is 22.5 Å². The number of carbonyl (C=O) groups is 2. The smallest absolute Gasteiger partial charge is 0.325 e. The van der Waals surface area contributed by atoms with Gasteiger partial charge in [-0.25, -0.2) is 4.79 Å². The van der Waals surface area contributed by atoms with E-state index in [1.807, 2.05) is 32.0 Å². The lowest BCUT2D eigenvalue weighted by molar-refractivity contribution is -0.136. The summed E-state index contributed by atoms with van der Waals surface area (Å²) in [6, 6.07) is 5.22. The summed E-state index contributed by atoms with van der Waals surface area (Å²) in [4.78, 5) is 23.0. The Hall–Kier alpha value is -2.13. The van der Waals surface area contributed by atoms with E-state index in [1.54, 1.807) is 6.92 Å². The van der Waals surface area contributed by atoms with Crippen molar-refractivity contribution in [2.75, 3.05) is 10.6 Å². The van der Waals surface area contributed by atoms with Gasteiger partial charge in [-0.1, -0.05) is 36.1 Å². The van der Waals surface area contributed by atoms with Crippen LogP contribution in [0.1, 0.15) is 24.5 Å². The first kappa shape index (κ1) is 18.2. The predicted octanol–water partition coefficient (Wildman–Crippen LogP) is 3.75. The third kappa shape index (κ3) is 4.93. The molecule has 7 nitrogen and oxygen atoms in total. The van der Waals surface area contributed by atoms with Crippen molar-refractivity contribution in [1.29, 1.82) is 0 Å². The molecule has 1 heterocycles. The second-order valence-corrected chi connectivity index (χ2v) is 7.53. The number of carboxylic acid groups (broad SMARTS) is 1. The molecule has 0 aliphatic heterocycles. The fourth-order valence-corrected chi connectivity index (χ4v) is 3.67. The van der Waals surface area contributed by atoms with Crippen LogP contribution in [0.3, 0.4) is 0 Å². The number of hydrogen-bond acceptors (Lipinski definition) is 6. The number of anilines is 2. The van der Waals surface area contributed by atoms with Crippen molar-refractivity contribution in [1.82, 2.24) is 10.2 Å². The number of nitrogens with zero attached hydrogens (tertiary/aromatic N) is 2. The molecule has 0 fully saturated rings. The first-order chi connectivity index (χ1) is 11.4. The molecule has 0 aliphatic rings. The Bertz CT molecular complexity index is 748. The average molecular weight is 366 g/mol. The van der Waals surface area contributed by atoms with Gasteiger partial charge in [0.15, 0.2) is 4.34 Å². The van der Waals surface area contributed by atoms with E-state index in [9.17, 15) is 9.59 Å². The first-order valence-corrected chi connectivity index (χ1v) is 8.97. The Morgan fingerprint density at radius 3 is 2.62 bits per heavy atom. The van der Waals surface area contributed by atoms with Gasteiger partial charge in [0.25, 0.3) is 0 Å². The van der Waals surface area contributed by atoms with E-state index < -0.39 is 17.3 Å². The molecule has 2 rings (SSSR count). The topological polar surface area (TPSA) is 104 Å². The number of thioether (sulfide) groups is 1. The quantitative estimate of drug-likeness (QED) is 0.531. The number of amides is 2. The number of hydrogen-bond donors (Lipinski definition) is 3. The number of carboxylic acids is 1. The molecule has 0 saturated heterocycles. The van der Waals surface area contributed by atoms with Crippen LogP contribution in [-0.4, -0.2) is 32.6 Å². The Labute approximate surface area is 147 Å². The van der Waals surface area contributed by atoms with Crippen molar-refractivity contribution in [3.05, 3.63) is 29.3 Å². The molecular weight excluding hydrogens is 348 g/mol. The fourth-order valence-electron chi connectivity index (χ4n) is 1.82. The lowest BCUT2D eigenvalue weighted by atomic mass is 10.1. The van der Waals surface area contributed by atoms with Gasteiger partial charge in [0, 0.05) is 5.69 Å². The SMILES string of the molecule is CC[C@H](Sc1nnc(NC(=O)Nc2ccc(C)c(C)c2)s1)C(=O)O. The third-order valence-electron chi connectivity index (χ3n) is 3.28. The van der Waals surface area contributed by atoms with Crippen molar-refractivity contribution in [2.24, 2.45) is 0 Å². The maximum absolute atomic E-state index is 12.0. The molecule has 1 aromatic carbocycles. The number of aromatic nitrogens is 2. The summed E-state index contributed by atoms with van der Waals surface area (Å²) >= 11 is 2.27. The maximum atomic E-state index is 12.0. The van der Waals surface area contributed by atoms with Crippen LogP contribution in [0, 0.1) is 13.8 Å². The van der Waals surface area contributed by atoms with Crippen molar-refractivity contribution in [3.8, 4) is 0 Å². The molecule has 2 aromatic rings. The fraction of sp³-hybridized carbons (Fsp3) is 0.333. The number of benzene rings is 1. The first-order valence-electron chi connectivity index (χ1n) is 7.27. The van der Waals surface area contributed by atoms with Gasteiger partial charge in [0.1, 0.15) is 5.25 Å². The van der Waals surface area contributed by atoms with Gasteiger partial charge in [-0.05, 0) is 43.5 Å². The molecular formula is C15H18N4O3S2. The number of aliphatic carboxylic acids is 1. The molecule has 24 heavy (non-hydrogen) atoms. The van der Waals surface area contributed by atoms with Gasteiger partial charge >= 0.3 is 12.0 Å². The van der Waals surface area contributed by atoms with Crippen molar-refractivity contribution >= 4 is 45.9 Å². The summed E-state index contributed by atoms with van der Waals surface area (Å²) in [6.07, 6.45) is 0.482. The van der Waals surface area contributed by atoms with Crippen LogP contribution in [-0.2, 0) is 4.79 Å². The summed E-state index contributed by atoms with van der Waals surface area (Å²) in [5.74, 6) is -0.889. The van der Waals surface area contributed by atoms with Crippen molar-refractivity contribution < 1.29 is 14.7 Å². The van der Waals surface area contributed by atoms with Gasteiger partial charge in [-0.2, -0.15) is 0 Å². The van der Waals surface area contributed by atoms with Gasteiger partial charge in [-0.15, -0.1) is 10.2 Å². The van der Waals surface area contributed by atoms with E-state index >= 15 is 0 Å². The van der Waals surface area contributed by atoms with Crippen LogP contribution in [0.2, 0.25) is 0 Å². The van der Waals surface area contributed by atoms with Crippen molar-refractivity contribution in [2.45, 2.75) is 36.8 Å². The summed E-state index contributed by atoms with van der Waals surface area (Å²) in [6.45, 7) is 5.77. The summed E-state index contributed by atoms with van der Waals surface area (Å²) < 4.78 is 0.505.